The number of nitrogens with one attached hydrogen (secondary N) is 1. The summed E-state index contributed by atoms with van der Waals surface area (Å²) in [4.78, 5) is 8.83. The third-order valence-corrected chi connectivity index (χ3v) is 4.03. The van der Waals surface area contributed by atoms with E-state index in [1.165, 1.54) is 12.8 Å². The first kappa shape index (κ1) is 13.2. The van der Waals surface area contributed by atoms with Crippen molar-refractivity contribution in [3.05, 3.63) is 41.8 Å². The van der Waals surface area contributed by atoms with E-state index < -0.39 is 0 Å². The van der Waals surface area contributed by atoms with Gasteiger partial charge in [0.05, 0.1) is 6.42 Å². The fourth-order valence-corrected chi connectivity index (χ4v) is 2.80. The Labute approximate surface area is 118 Å². The van der Waals surface area contributed by atoms with Crippen molar-refractivity contribution in [1.29, 1.82) is 0 Å². The van der Waals surface area contributed by atoms with Crippen LogP contribution in [0.2, 0.25) is 0 Å². The molecule has 0 unspecified atom stereocenters. The molecule has 1 saturated carbocycles. The van der Waals surface area contributed by atoms with Crippen molar-refractivity contribution in [2.45, 2.75) is 44.1 Å². The van der Waals surface area contributed by atoms with Gasteiger partial charge in [-0.05, 0) is 44.9 Å². The number of nitrogens with zero attached hydrogens (tertiary/aromatic N) is 3. The highest BCUT2D eigenvalue weighted by Gasteiger charge is 2.25. The highest BCUT2D eigenvalue weighted by atomic mass is 16.5. The van der Waals surface area contributed by atoms with E-state index in [2.05, 4.69) is 20.4 Å². The predicted molar refractivity (Wildman–Crippen MR) is 75.4 cm³/mol. The molecule has 0 saturated heterocycles. The fourth-order valence-electron chi connectivity index (χ4n) is 2.80. The summed E-state index contributed by atoms with van der Waals surface area (Å²) in [7, 11) is 2.03. The predicted octanol–water partition coefficient (Wildman–Crippen LogP) is 2.30. The molecule has 1 aliphatic rings. The van der Waals surface area contributed by atoms with Gasteiger partial charge in [0.25, 0.3) is 0 Å². The zero-order valence-corrected chi connectivity index (χ0v) is 11.7. The highest BCUT2D eigenvalue weighted by molar-refractivity contribution is 5.09. The van der Waals surface area contributed by atoms with Crippen molar-refractivity contribution >= 4 is 0 Å². The molecule has 5 heteroatoms. The first-order valence-corrected chi connectivity index (χ1v) is 7.25. The lowest BCUT2D eigenvalue weighted by atomic mass is 9.86. The Hall–Kier alpha value is -1.75. The summed E-state index contributed by atoms with van der Waals surface area (Å²) in [5.74, 6) is 1.95. The van der Waals surface area contributed by atoms with E-state index in [1.54, 1.807) is 6.20 Å². The van der Waals surface area contributed by atoms with Crippen molar-refractivity contribution in [3.8, 4) is 0 Å². The van der Waals surface area contributed by atoms with Crippen LogP contribution in [0, 0.1) is 0 Å². The normalized spacial score (nSPS) is 22.9. The fraction of sp³-hybridized carbons (Fsp3) is 0.533. The van der Waals surface area contributed by atoms with Gasteiger partial charge in [-0.25, -0.2) is 0 Å². The maximum absolute atomic E-state index is 5.44. The van der Waals surface area contributed by atoms with Crippen molar-refractivity contribution < 1.29 is 4.52 Å². The van der Waals surface area contributed by atoms with Crippen LogP contribution < -0.4 is 5.32 Å². The van der Waals surface area contributed by atoms with Gasteiger partial charge < -0.3 is 9.84 Å². The average Bonchev–Trinajstić information content (AvgIpc) is 2.97. The second-order valence-corrected chi connectivity index (χ2v) is 5.38. The molecule has 1 fully saturated rings. The molecular formula is C15H20N4O. The van der Waals surface area contributed by atoms with Gasteiger partial charge in [-0.3, -0.25) is 4.98 Å². The largest absolute Gasteiger partial charge is 0.339 e. The van der Waals surface area contributed by atoms with E-state index in [0.717, 1.165) is 30.3 Å². The molecule has 0 spiro atoms. The van der Waals surface area contributed by atoms with Gasteiger partial charge in [-0.2, -0.15) is 4.98 Å². The van der Waals surface area contributed by atoms with Gasteiger partial charge in [0.2, 0.25) is 5.89 Å². The number of rotatable bonds is 4. The van der Waals surface area contributed by atoms with Crippen LogP contribution in [0.15, 0.2) is 28.9 Å². The second kappa shape index (κ2) is 6.13. The molecule has 5 nitrogen and oxygen atoms in total. The molecule has 0 bridgehead atoms. The molecule has 0 aliphatic heterocycles. The molecule has 2 aromatic rings. The minimum absolute atomic E-state index is 0.421. The van der Waals surface area contributed by atoms with Crippen molar-refractivity contribution in [3.63, 3.8) is 0 Å². The molecule has 1 N–H and O–H groups in total. The molecule has 3 rings (SSSR count). The van der Waals surface area contributed by atoms with Gasteiger partial charge in [0.1, 0.15) is 0 Å². The topological polar surface area (TPSA) is 63.8 Å². The average molecular weight is 272 g/mol. The van der Waals surface area contributed by atoms with E-state index in [9.17, 15) is 0 Å². The van der Waals surface area contributed by atoms with Gasteiger partial charge in [0, 0.05) is 23.9 Å². The van der Waals surface area contributed by atoms with E-state index in [1.807, 2.05) is 25.2 Å². The standard InChI is InChI=1S/C15H20N4O/c1-16-12-7-5-11(6-8-12)15-18-14(19-20-15)10-13-4-2-3-9-17-13/h2-4,9,11-12,16H,5-8,10H2,1H3. The number of hydrogen-bond acceptors (Lipinski definition) is 5. The zero-order valence-electron chi connectivity index (χ0n) is 11.7. The lowest BCUT2D eigenvalue weighted by Gasteiger charge is -2.25. The van der Waals surface area contributed by atoms with Gasteiger partial charge in [-0.15, -0.1) is 0 Å². The number of hydrogen-bond donors (Lipinski definition) is 1. The van der Waals surface area contributed by atoms with Crippen LogP contribution in [0.4, 0.5) is 0 Å². The van der Waals surface area contributed by atoms with E-state index in [4.69, 9.17) is 4.52 Å². The molecule has 106 valence electrons. The quantitative estimate of drug-likeness (QED) is 0.925. The summed E-state index contributed by atoms with van der Waals surface area (Å²) in [6.07, 6.45) is 7.03. The highest BCUT2D eigenvalue weighted by Crippen LogP contribution is 2.31. The monoisotopic (exact) mass is 272 g/mol. The van der Waals surface area contributed by atoms with E-state index >= 15 is 0 Å². The smallest absolute Gasteiger partial charge is 0.229 e. The van der Waals surface area contributed by atoms with Crippen molar-refractivity contribution in [1.82, 2.24) is 20.4 Å². The minimum Gasteiger partial charge on any atom is -0.339 e. The van der Waals surface area contributed by atoms with Gasteiger partial charge in [-0.1, -0.05) is 11.2 Å². The molecule has 2 heterocycles. The second-order valence-electron chi connectivity index (χ2n) is 5.38. The number of aromatic nitrogens is 3. The third kappa shape index (κ3) is 3.04. The summed E-state index contributed by atoms with van der Waals surface area (Å²) in [5.41, 5.74) is 0.971. The number of pyridine rings is 1. The summed E-state index contributed by atoms with van der Waals surface area (Å²) in [5, 5.41) is 7.42. The van der Waals surface area contributed by atoms with Gasteiger partial charge >= 0.3 is 0 Å². The third-order valence-electron chi connectivity index (χ3n) is 4.03. The maximum Gasteiger partial charge on any atom is 0.229 e. The van der Waals surface area contributed by atoms with E-state index in [-0.39, 0.29) is 0 Å². The minimum atomic E-state index is 0.421. The van der Waals surface area contributed by atoms with Crippen LogP contribution in [-0.2, 0) is 6.42 Å². The molecule has 2 aromatic heterocycles. The summed E-state index contributed by atoms with van der Waals surface area (Å²) in [6, 6.07) is 6.50. The Morgan fingerprint density at radius 2 is 2.10 bits per heavy atom. The maximum atomic E-state index is 5.44. The zero-order chi connectivity index (χ0) is 13.8. The van der Waals surface area contributed by atoms with Crippen LogP contribution in [0.25, 0.3) is 0 Å². The SMILES string of the molecule is CNC1CCC(c2nc(Cc3ccccn3)no2)CC1. The molecule has 0 radical (unpaired) electrons. The molecular weight excluding hydrogens is 252 g/mol. The van der Waals surface area contributed by atoms with Crippen LogP contribution >= 0.6 is 0 Å². The Balaban J connectivity index is 1.62. The lowest BCUT2D eigenvalue weighted by molar-refractivity contribution is 0.287. The Morgan fingerprint density at radius 3 is 2.80 bits per heavy atom. The lowest BCUT2D eigenvalue weighted by Crippen LogP contribution is -2.29. The first-order chi connectivity index (χ1) is 9.85. The molecule has 20 heavy (non-hydrogen) atoms. The Morgan fingerprint density at radius 1 is 1.25 bits per heavy atom. The molecule has 0 atom stereocenters. The molecule has 0 aromatic carbocycles. The van der Waals surface area contributed by atoms with E-state index in [0.29, 0.717) is 18.4 Å². The first-order valence-electron chi connectivity index (χ1n) is 7.25. The molecule has 0 amide bonds. The molecule has 1 aliphatic carbocycles. The van der Waals surface area contributed by atoms with Crippen LogP contribution in [-0.4, -0.2) is 28.2 Å². The summed E-state index contributed by atoms with van der Waals surface area (Å²) >= 11 is 0. The Kier molecular flexibility index (Phi) is 4.06. The van der Waals surface area contributed by atoms with Crippen molar-refractivity contribution in [2.75, 3.05) is 7.05 Å². The van der Waals surface area contributed by atoms with Crippen molar-refractivity contribution in [2.24, 2.45) is 0 Å². The van der Waals surface area contributed by atoms with Crippen LogP contribution in [0.3, 0.4) is 0 Å². The van der Waals surface area contributed by atoms with Crippen LogP contribution in [0.1, 0.15) is 49.0 Å². The van der Waals surface area contributed by atoms with Gasteiger partial charge in [0.15, 0.2) is 5.82 Å². The summed E-state index contributed by atoms with van der Waals surface area (Å²) < 4.78 is 5.44. The Bertz CT molecular complexity index is 532. The van der Waals surface area contributed by atoms with Crippen LogP contribution in [0.5, 0.6) is 0 Å². The summed E-state index contributed by atoms with van der Waals surface area (Å²) in [6.45, 7) is 0.